The van der Waals surface area contributed by atoms with E-state index in [1.165, 1.54) is 19.3 Å². The average Bonchev–Trinajstić information content (AvgIpc) is 2.49. The van der Waals surface area contributed by atoms with Crippen molar-refractivity contribution in [2.75, 3.05) is 0 Å². The van der Waals surface area contributed by atoms with Crippen LogP contribution in [-0.2, 0) is 0 Å². The van der Waals surface area contributed by atoms with Gasteiger partial charge in [0, 0.05) is 5.38 Å². The molecule has 0 aromatic rings. The van der Waals surface area contributed by atoms with Gasteiger partial charge in [-0.25, -0.2) is 0 Å². The molecule has 8 aliphatic carbocycles. The van der Waals surface area contributed by atoms with Gasteiger partial charge in [-0.1, -0.05) is 18.1 Å². The summed E-state index contributed by atoms with van der Waals surface area (Å²) in [6.07, 6.45) is 12.1. The Morgan fingerprint density at radius 3 is 1.95 bits per heavy atom. The van der Waals surface area contributed by atoms with Crippen molar-refractivity contribution < 1.29 is 0 Å². The van der Waals surface area contributed by atoms with Crippen molar-refractivity contribution in [3.8, 4) is 0 Å². The van der Waals surface area contributed by atoms with E-state index in [9.17, 15) is 0 Å². The molecule has 1 heteroatoms. The number of hydrogen-bond donors (Lipinski definition) is 0. The van der Waals surface area contributed by atoms with E-state index in [4.69, 9.17) is 11.6 Å². The van der Waals surface area contributed by atoms with Gasteiger partial charge in [0.2, 0.25) is 0 Å². The minimum Gasteiger partial charge on any atom is -0.122 e. The Morgan fingerprint density at radius 1 is 0.682 bits per heavy atom. The van der Waals surface area contributed by atoms with Crippen LogP contribution < -0.4 is 0 Å². The van der Waals surface area contributed by atoms with Crippen LogP contribution in [0.15, 0.2) is 11.1 Å². The van der Waals surface area contributed by atoms with Gasteiger partial charge in [0.15, 0.2) is 0 Å². The first-order valence-electron chi connectivity index (χ1n) is 10.1. The molecule has 8 rings (SSSR count). The molecular formula is C21H29Cl. The fraction of sp³-hybridized carbons (Fsp3) is 0.905. The van der Waals surface area contributed by atoms with E-state index in [0.29, 0.717) is 5.38 Å². The molecule has 0 spiro atoms. The zero-order valence-corrected chi connectivity index (χ0v) is 14.6. The molecule has 2 unspecified atom stereocenters. The molecule has 8 bridgehead atoms. The summed E-state index contributed by atoms with van der Waals surface area (Å²) in [6.45, 7) is 2.54. The molecule has 120 valence electrons. The van der Waals surface area contributed by atoms with Gasteiger partial charge in [0.25, 0.3) is 0 Å². The molecule has 0 heterocycles. The Bertz CT molecular complexity index is 498. The number of hydrogen-bond acceptors (Lipinski definition) is 0. The lowest BCUT2D eigenvalue weighted by atomic mass is 9.46. The summed E-state index contributed by atoms with van der Waals surface area (Å²) in [6, 6.07) is 0. The highest BCUT2D eigenvalue weighted by molar-refractivity contribution is 6.21. The summed E-state index contributed by atoms with van der Waals surface area (Å²) >= 11 is 7.04. The number of halogens is 1. The highest BCUT2D eigenvalue weighted by Gasteiger charge is 2.56. The fourth-order valence-corrected chi connectivity index (χ4v) is 9.12. The molecule has 8 fully saturated rings. The molecule has 0 N–H and O–H groups in total. The second-order valence-corrected chi connectivity index (χ2v) is 10.5. The molecular weight excluding hydrogens is 288 g/mol. The SMILES string of the molecule is CC1[C@H]2C[C@@H]3C[C@H](C2)C(Cl)[C@H]1C3=C1C2CC3CC(C2)CC1C3. The Hall–Kier alpha value is 0.0300. The monoisotopic (exact) mass is 316 g/mol. The first kappa shape index (κ1) is 13.3. The van der Waals surface area contributed by atoms with E-state index in [2.05, 4.69) is 6.92 Å². The lowest BCUT2D eigenvalue weighted by molar-refractivity contribution is 0.0100. The summed E-state index contributed by atoms with van der Waals surface area (Å²) < 4.78 is 0. The topological polar surface area (TPSA) is 0 Å². The fourth-order valence-electron chi connectivity index (χ4n) is 8.55. The molecule has 0 aliphatic heterocycles. The summed E-state index contributed by atoms with van der Waals surface area (Å²) in [5.74, 6) is 8.60. The average molecular weight is 317 g/mol. The molecule has 0 radical (unpaired) electrons. The normalized spacial score (nSPS) is 61.4. The third-order valence-corrected chi connectivity index (χ3v) is 9.66. The molecule has 0 saturated heterocycles. The van der Waals surface area contributed by atoms with E-state index in [1.807, 2.05) is 11.1 Å². The Morgan fingerprint density at radius 2 is 1.27 bits per heavy atom. The largest absolute Gasteiger partial charge is 0.122 e. The van der Waals surface area contributed by atoms with Crippen LogP contribution in [0.25, 0.3) is 0 Å². The molecule has 6 atom stereocenters. The van der Waals surface area contributed by atoms with E-state index in [1.54, 1.807) is 32.1 Å². The van der Waals surface area contributed by atoms with Crippen molar-refractivity contribution in [2.24, 2.45) is 53.3 Å². The maximum Gasteiger partial charge on any atom is 0.0432 e. The Labute approximate surface area is 140 Å². The zero-order valence-electron chi connectivity index (χ0n) is 13.8. The number of rotatable bonds is 0. The van der Waals surface area contributed by atoms with Crippen LogP contribution in [0, 0.1) is 53.3 Å². The molecule has 22 heavy (non-hydrogen) atoms. The highest BCUT2D eigenvalue weighted by atomic mass is 35.5. The summed E-state index contributed by atoms with van der Waals surface area (Å²) in [5, 5.41) is 0.475. The minimum absolute atomic E-state index is 0.475. The number of alkyl halides is 1. The van der Waals surface area contributed by atoms with E-state index >= 15 is 0 Å². The second kappa shape index (κ2) is 4.35. The molecule has 0 nitrogen and oxygen atoms in total. The standard InChI is InChI=1S/C21H29Cl/c1-10-13-7-16-9-17(8-13)21(22)18(10)20(16)19-14-3-11-2-12(5-14)6-15(19)4-11/h10-18,21H,2-9H2,1H3/t10?,11?,12?,13-,14?,15?,16+,17-,18+,21?/m0/s1. The molecule has 0 aromatic heterocycles. The third-order valence-electron chi connectivity index (χ3n) is 9.03. The summed E-state index contributed by atoms with van der Waals surface area (Å²) in [4.78, 5) is 0. The van der Waals surface area contributed by atoms with Crippen molar-refractivity contribution in [3.05, 3.63) is 11.1 Å². The van der Waals surface area contributed by atoms with Gasteiger partial charge in [-0.3, -0.25) is 0 Å². The van der Waals surface area contributed by atoms with Gasteiger partial charge in [-0.15, -0.1) is 11.6 Å². The van der Waals surface area contributed by atoms with Crippen LogP contribution in [0.3, 0.4) is 0 Å². The van der Waals surface area contributed by atoms with Crippen LogP contribution in [0.1, 0.15) is 58.3 Å². The van der Waals surface area contributed by atoms with Gasteiger partial charge in [-0.05, 0) is 105 Å². The van der Waals surface area contributed by atoms with E-state index in [-0.39, 0.29) is 0 Å². The van der Waals surface area contributed by atoms with Gasteiger partial charge in [-0.2, -0.15) is 0 Å². The van der Waals surface area contributed by atoms with Crippen molar-refractivity contribution in [2.45, 2.75) is 63.7 Å². The maximum atomic E-state index is 7.04. The first-order chi connectivity index (χ1) is 10.7. The van der Waals surface area contributed by atoms with Crippen LogP contribution in [0.2, 0.25) is 0 Å². The number of allylic oxidation sites excluding steroid dienone is 2. The highest BCUT2D eigenvalue weighted by Crippen LogP contribution is 2.65. The summed E-state index contributed by atoms with van der Waals surface area (Å²) in [5.41, 5.74) is 3.98. The van der Waals surface area contributed by atoms with Crippen molar-refractivity contribution in [1.82, 2.24) is 0 Å². The molecule has 8 saturated carbocycles. The van der Waals surface area contributed by atoms with Gasteiger partial charge < -0.3 is 0 Å². The molecule has 8 aliphatic rings. The van der Waals surface area contributed by atoms with E-state index < -0.39 is 0 Å². The lowest BCUT2D eigenvalue weighted by Gasteiger charge is -2.61. The van der Waals surface area contributed by atoms with Gasteiger partial charge in [0.05, 0.1) is 0 Å². The van der Waals surface area contributed by atoms with Crippen LogP contribution in [-0.4, -0.2) is 5.38 Å². The molecule has 0 amide bonds. The quantitative estimate of drug-likeness (QED) is 0.399. The lowest BCUT2D eigenvalue weighted by Crippen LogP contribution is -2.54. The molecule has 0 aromatic carbocycles. The second-order valence-electron chi connectivity index (χ2n) is 9.97. The Balaban J connectivity index is 1.48. The predicted molar refractivity (Wildman–Crippen MR) is 90.7 cm³/mol. The smallest absolute Gasteiger partial charge is 0.0432 e. The van der Waals surface area contributed by atoms with Gasteiger partial charge >= 0.3 is 0 Å². The predicted octanol–water partition coefficient (Wildman–Crippen LogP) is 5.66. The summed E-state index contributed by atoms with van der Waals surface area (Å²) in [7, 11) is 0. The minimum atomic E-state index is 0.475. The third kappa shape index (κ3) is 1.57. The van der Waals surface area contributed by atoms with Crippen molar-refractivity contribution in [3.63, 3.8) is 0 Å². The van der Waals surface area contributed by atoms with Crippen molar-refractivity contribution >= 4 is 11.6 Å². The van der Waals surface area contributed by atoms with Crippen LogP contribution >= 0.6 is 11.6 Å². The van der Waals surface area contributed by atoms with Gasteiger partial charge in [0.1, 0.15) is 0 Å². The Kier molecular flexibility index (Phi) is 2.64. The maximum absolute atomic E-state index is 7.04. The van der Waals surface area contributed by atoms with Crippen LogP contribution in [0.4, 0.5) is 0 Å². The zero-order chi connectivity index (χ0) is 14.6. The first-order valence-corrected chi connectivity index (χ1v) is 10.5. The van der Waals surface area contributed by atoms with E-state index in [0.717, 1.165) is 53.3 Å². The van der Waals surface area contributed by atoms with Crippen molar-refractivity contribution in [1.29, 1.82) is 0 Å². The van der Waals surface area contributed by atoms with Crippen LogP contribution in [0.5, 0.6) is 0 Å².